The van der Waals surface area contributed by atoms with Gasteiger partial charge in [0, 0.05) is 6.20 Å². The Morgan fingerprint density at radius 1 is 1.00 bits per heavy atom. The second-order valence-electron chi connectivity index (χ2n) is 2.44. The minimum atomic E-state index is 0.174. The lowest BCUT2D eigenvalue weighted by molar-refractivity contribution is 0.477. The molecule has 1 aromatic heterocycles. The molecule has 0 atom stereocenters. The number of para-hydroxylation sites is 2. The average molecular weight is 262 g/mol. The van der Waals surface area contributed by atoms with E-state index in [0.717, 1.165) is 0 Å². The second-order valence-corrected chi connectivity index (χ2v) is 2.44. The number of phenols is 1. The van der Waals surface area contributed by atoms with E-state index >= 15 is 0 Å². The van der Waals surface area contributed by atoms with E-state index in [2.05, 4.69) is 26.9 Å². The first-order valence-corrected chi connectivity index (χ1v) is 6.16. The van der Waals surface area contributed by atoms with Crippen molar-refractivity contribution < 1.29 is 5.11 Å². The van der Waals surface area contributed by atoms with E-state index in [4.69, 9.17) is 5.11 Å². The number of benzene rings is 1. The Morgan fingerprint density at radius 3 is 1.89 bits per heavy atom. The molecule has 0 radical (unpaired) electrons. The molecule has 0 aliphatic rings. The third kappa shape index (κ3) is 10.6. The molecule has 104 valence electrons. The number of rotatable bonds is 1. The molecular formula is C14H22N4O. The standard InChI is InChI=1S/C7H7NO.C3H3N3.2C2H6/c1-8-6-4-2-3-5-7(6)9;1-2-5-6-3-4-1;2*1-2/h2-5,9H,1H2;1-3H;2*1-2H3. The molecule has 1 aromatic carbocycles. The van der Waals surface area contributed by atoms with Crippen molar-refractivity contribution in [3.63, 3.8) is 0 Å². The van der Waals surface area contributed by atoms with Crippen molar-refractivity contribution in [3.05, 3.63) is 43.0 Å². The van der Waals surface area contributed by atoms with Crippen LogP contribution in [0.5, 0.6) is 5.75 Å². The van der Waals surface area contributed by atoms with Gasteiger partial charge in [-0.1, -0.05) is 39.8 Å². The number of nitrogens with zero attached hydrogens (tertiary/aromatic N) is 4. The number of hydrogen-bond donors (Lipinski definition) is 1. The lowest BCUT2D eigenvalue weighted by Crippen LogP contribution is -1.75. The predicted octanol–water partition coefficient (Wildman–Crippen LogP) is 3.65. The van der Waals surface area contributed by atoms with Gasteiger partial charge in [0.1, 0.15) is 17.8 Å². The van der Waals surface area contributed by atoms with Gasteiger partial charge < -0.3 is 5.11 Å². The van der Waals surface area contributed by atoms with Gasteiger partial charge in [-0.2, -0.15) is 5.10 Å². The zero-order valence-electron chi connectivity index (χ0n) is 12.0. The molecule has 2 aromatic rings. The van der Waals surface area contributed by atoms with Gasteiger partial charge in [-0.05, 0) is 18.9 Å². The summed E-state index contributed by atoms with van der Waals surface area (Å²) in [5.74, 6) is 0.174. The lowest BCUT2D eigenvalue weighted by Gasteiger charge is -1.93. The maximum Gasteiger partial charge on any atom is 0.141 e. The zero-order chi connectivity index (χ0) is 14.9. The minimum Gasteiger partial charge on any atom is -0.506 e. The first kappa shape index (κ1) is 19.0. The highest BCUT2D eigenvalue weighted by atomic mass is 16.3. The van der Waals surface area contributed by atoms with Gasteiger partial charge in [-0.25, -0.2) is 4.98 Å². The summed E-state index contributed by atoms with van der Waals surface area (Å²) in [5, 5.41) is 15.9. The predicted molar refractivity (Wildman–Crippen MR) is 79.8 cm³/mol. The van der Waals surface area contributed by atoms with E-state index in [1.54, 1.807) is 30.5 Å². The van der Waals surface area contributed by atoms with Crippen molar-refractivity contribution in [1.82, 2.24) is 15.2 Å². The quantitative estimate of drug-likeness (QED) is 0.796. The lowest BCUT2D eigenvalue weighted by atomic mass is 10.3. The fourth-order valence-electron chi connectivity index (χ4n) is 0.803. The summed E-state index contributed by atoms with van der Waals surface area (Å²) in [4.78, 5) is 7.18. The molecule has 0 aliphatic heterocycles. The van der Waals surface area contributed by atoms with Crippen molar-refractivity contribution in [3.8, 4) is 5.75 Å². The van der Waals surface area contributed by atoms with Crippen molar-refractivity contribution in [1.29, 1.82) is 0 Å². The third-order valence-corrected chi connectivity index (χ3v) is 1.46. The molecule has 1 N–H and O–H groups in total. The van der Waals surface area contributed by atoms with Crippen LogP contribution in [0.15, 0.2) is 48.0 Å². The monoisotopic (exact) mass is 262 g/mol. The van der Waals surface area contributed by atoms with E-state index in [1.807, 2.05) is 27.7 Å². The first-order chi connectivity index (χ1) is 9.34. The average Bonchev–Trinajstić information content (AvgIpc) is 2.54. The van der Waals surface area contributed by atoms with Gasteiger partial charge in [-0.15, -0.1) is 5.10 Å². The van der Waals surface area contributed by atoms with Crippen LogP contribution < -0.4 is 0 Å². The molecule has 0 spiro atoms. The largest absolute Gasteiger partial charge is 0.506 e. The molecule has 5 nitrogen and oxygen atoms in total. The topological polar surface area (TPSA) is 71.3 Å². The molecule has 0 saturated carbocycles. The van der Waals surface area contributed by atoms with E-state index in [0.29, 0.717) is 5.69 Å². The molecule has 0 fully saturated rings. The van der Waals surface area contributed by atoms with Crippen LogP contribution in [-0.4, -0.2) is 27.0 Å². The van der Waals surface area contributed by atoms with Gasteiger partial charge in [0.15, 0.2) is 0 Å². The maximum absolute atomic E-state index is 8.98. The molecule has 2 rings (SSSR count). The fraction of sp³-hybridized carbons (Fsp3) is 0.286. The molecule has 5 heteroatoms. The van der Waals surface area contributed by atoms with E-state index < -0.39 is 0 Å². The van der Waals surface area contributed by atoms with Crippen LogP contribution >= 0.6 is 0 Å². The number of aliphatic imine (C=N–C) groups is 1. The molecule has 0 saturated heterocycles. The Labute approximate surface area is 115 Å². The zero-order valence-corrected chi connectivity index (χ0v) is 12.0. The Kier molecular flexibility index (Phi) is 15.7. The Balaban J connectivity index is 0. The molecule has 0 bridgehead atoms. The highest BCUT2D eigenvalue weighted by molar-refractivity contribution is 5.54. The summed E-state index contributed by atoms with van der Waals surface area (Å²) in [6.45, 7) is 11.3. The SMILES string of the molecule is C=Nc1ccccc1O.CC.CC.c1cnncn1. The van der Waals surface area contributed by atoms with Crippen LogP contribution in [0.1, 0.15) is 27.7 Å². The molecule has 1 heterocycles. The molecule has 0 unspecified atom stereocenters. The second kappa shape index (κ2) is 15.7. The fourth-order valence-corrected chi connectivity index (χ4v) is 0.803. The Hall–Kier alpha value is -2.30. The number of hydrogen-bond acceptors (Lipinski definition) is 5. The van der Waals surface area contributed by atoms with Crippen LogP contribution in [0.25, 0.3) is 0 Å². The normalized spacial score (nSPS) is 7.37. The molecular weight excluding hydrogens is 240 g/mol. The third-order valence-electron chi connectivity index (χ3n) is 1.46. The Morgan fingerprint density at radius 2 is 1.63 bits per heavy atom. The van der Waals surface area contributed by atoms with Crippen molar-refractivity contribution in [2.24, 2.45) is 4.99 Å². The highest BCUT2D eigenvalue weighted by Crippen LogP contribution is 2.23. The van der Waals surface area contributed by atoms with Crippen LogP contribution in [-0.2, 0) is 0 Å². The van der Waals surface area contributed by atoms with E-state index in [1.165, 1.54) is 12.5 Å². The summed E-state index contributed by atoms with van der Waals surface area (Å²) in [6, 6.07) is 6.81. The highest BCUT2D eigenvalue weighted by Gasteiger charge is 1.91. The maximum atomic E-state index is 8.98. The van der Waals surface area contributed by atoms with Gasteiger partial charge in [0.25, 0.3) is 0 Å². The first-order valence-electron chi connectivity index (χ1n) is 6.16. The van der Waals surface area contributed by atoms with Crippen molar-refractivity contribution >= 4 is 12.4 Å². The Bertz CT molecular complexity index is 380. The van der Waals surface area contributed by atoms with Gasteiger partial charge in [0.05, 0.1) is 6.20 Å². The van der Waals surface area contributed by atoms with E-state index in [9.17, 15) is 0 Å². The van der Waals surface area contributed by atoms with Gasteiger partial charge in [0.2, 0.25) is 0 Å². The van der Waals surface area contributed by atoms with Gasteiger partial charge in [-0.3, -0.25) is 4.99 Å². The summed E-state index contributed by atoms with van der Waals surface area (Å²) in [5.41, 5.74) is 0.525. The summed E-state index contributed by atoms with van der Waals surface area (Å²) in [7, 11) is 0. The van der Waals surface area contributed by atoms with Crippen LogP contribution in [0.2, 0.25) is 0 Å². The van der Waals surface area contributed by atoms with Crippen LogP contribution in [0.3, 0.4) is 0 Å². The van der Waals surface area contributed by atoms with Crippen molar-refractivity contribution in [2.75, 3.05) is 0 Å². The van der Waals surface area contributed by atoms with Crippen LogP contribution in [0, 0.1) is 0 Å². The smallest absolute Gasteiger partial charge is 0.141 e. The minimum absolute atomic E-state index is 0.174. The number of aromatic hydroxyl groups is 1. The molecule has 0 amide bonds. The van der Waals surface area contributed by atoms with Gasteiger partial charge >= 0.3 is 0 Å². The number of aromatic nitrogens is 3. The van der Waals surface area contributed by atoms with Crippen molar-refractivity contribution in [2.45, 2.75) is 27.7 Å². The number of phenolic OH excluding ortho intramolecular Hbond substituents is 1. The molecule has 0 aliphatic carbocycles. The summed E-state index contributed by atoms with van der Waals surface area (Å²) in [6.07, 6.45) is 4.49. The van der Waals surface area contributed by atoms with Crippen LogP contribution in [0.4, 0.5) is 5.69 Å². The van der Waals surface area contributed by atoms with E-state index in [-0.39, 0.29) is 5.75 Å². The summed E-state index contributed by atoms with van der Waals surface area (Å²) < 4.78 is 0. The summed E-state index contributed by atoms with van der Waals surface area (Å²) >= 11 is 0. The molecule has 19 heavy (non-hydrogen) atoms.